The van der Waals surface area contributed by atoms with E-state index in [2.05, 4.69) is 0 Å². The van der Waals surface area contributed by atoms with Gasteiger partial charge in [-0.25, -0.2) is 0 Å². The summed E-state index contributed by atoms with van der Waals surface area (Å²) >= 11 is 0. The molecule has 1 N–H and O–H groups in total. The highest BCUT2D eigenvalue weighted by molar-refractivity contribution is 6.05. The van der Waals surface area contributed by atoms with Gasteiger partial charge >= 0.3 is 5.97 Å². The average Bonchev–Trinajstić information content (AvgIpc) is 2.88. The number of anilines is 1. The Morgan fingerprint density at radius 3 is 2.45 bits per heavy atom. The van der Waals surface area contributed by atoms with Crippen molar-refractivity contribution in [2.75, 3.05) is 11.4 Å². The molecule has 0 fully saturated rings. The van der Waals surface area contributed by atoms with Crippen LogP contribution < -0.4 is 4.90 Å². The zero-order valence-corrected chi connectivity index (χ0v) is 11.2. The minimum absolute atomic E-state index is 0.204. The van der Waals surface area contributed by atoms with E-state index in [-0.39, 0.29) is 12.5 Å². The average molecular weight is 272 g/mol. The number of benzene rings is 1. The van der Waals surface area contributed by atoms with Crippen LogP contribution in [0, 0.1) is 0 Å². The van der Waals surface area contributed by atoms with Gasteiger partial charge in [-0.2, -0.15) is 0 Å². The van der Waals surface area contributed by atoms with Crippen molar-refractivity contribution in [1.29, 1.82) is 0 Å². The molecule has 5 nitrogen and oxygen atoms in total. The van der Waals surface area contributed by atoms with Crippen molar-refractivity contribution >= 4 is 17.6 Å². The fourth-order valence-corrected chi connectivity index (χ4v) is 2.08. The van der Waals surface area contributed by atoms with Crippen LogP contribution in [0.2, 0.25) is 0 Å². The Hall–Kier alpha value is -2.56. The molecule has 104 valence electrons. The van der Waals surface area contributed by atoms with E-state index < -0.39 is 5.97 Å². The Labute approximate surface area is 117 Å². The number of carboxylic acids is 1. The lowest BCUT2D eigenvalue weighted by Gasteiger charge is -2.21. The second kappa shape index (κ2) is 6.06. The third-order valence-electron chi connectivity index (χ3n) is 2.98. The number of carboxylic acid groups (broad SMARTS) is 1. The highest BCUT2D eigenvalue weighted by Crippen LogP contribution is 2.17. The molecule has 20 heavy (non-hydrogen) atoms. The van der Waals surface area contributed by atoms with Gasteiger partial charge in [0.2, 0.25) is 0 Å². The van der Waals surface area contributed by atoms with Gasteiger partial charge in [0.15, 0.2) is 0 Å². The fourth-order valence-electron chi connectivity index (χ4n) is 2.08. The molecule has 0 atom stereocenters. The van der Waals surface area contributed by atoms with Crippen LogP contribution in [0.5, 0.6) is 0 Å². The minimum atomic E-state index is -0.974. The highest BCUT2D eigenvalue weighted by Gasteiger charge is 2.19. The summed E-state index contributed by atoms with van der Waals surface area (Å²) in [6.45, 7) is 2.18. The van der Waals surface area contributed by atoms with Gasteiger partial charge < -0.3 is 14.6 Å². The smallest absolute Gasteiger partial charge is 0.323 e. The first kappa shape index (κ1) is 13.9. The molecule has 5 heteroatoms. The third-order valence-corrected chi connectivity index (χ3v) is 2.98. The van der Waals surface area contributed by atoms with E-state index in [1.807, 2.05) is 37.3 Å². The molecule has 0 unspecified atom stereocenters. The van der Waals surface area contributed by atoms with E-state index in [9.17, 15) is 9.59 Å². The van der Waals surface area contributed by atoms with Crippen molar-refractivity contribution in [3.05, 3.63) is 54.4 Å². The summed E-state index contributed by atoms with van der Waals surface area (Å²) < 4.78 is 1.44. The molecule has 0 aliphatic rings. The van der Waals surface area contributed by atoms with Crippen LogP contribution >= 0.6 is 0 Å². The number of carbonyl (C=O) groups is 2. The standard InChI is InChI=1S/C15H16N2O3/c1-2-17(12-7-4-3-5-8-12)15(20)13-9-6-10-16(13)11-14(18)19/h3-10H,2,11H2,1H3,(H,18,19). The van der Waals surface area contributed by atoms with Gasteiger partial charge in [-0.05, 0) is 31.2 Å². The van der Waals surface area contributed by atoms with Crippen LogP contribution in [0.15, 0.2) is 48.7 Å². The maximum atomic E-state index is 12.6. The molecule has 0 aliphatic heterocycles. The van der Waals surface area contributed by atoms with Gasteiger partial charge in [0, 0.05) is 18.4 Å². The summed E-state index contributed by atoms with van der Waals surface area (Å²) in [5.41, 5.74) is 1.17. The summed E-state index contributed by atoms with van der Waals surface area (Å²) in [7, 11) is 0. The van der Waals surface area contributed by atoms with Gasteiger partial charge in [-0.1, -0.05) is 18.2 Å². The molecule has 2 aromatic rings. The summed E-state index contributed by atoms with van der Waals surface area (Å²) in [5, 5.41) is 8.86. The molecule has 0 saturated heterocycles. The molecule has 1 aromatic carbocycles. The van der Waals surface area contributed by atoms with Gasteiger partial charge in [0.1, 0.15) is 12.2 Å². The molecule has 0 bridgehead atoms. The monoisotopic (exact) mass is 272 g/mol. The molecule has 1 amide bonds. The van der Waals surface area contributed by atoms with Crippen molar-refractivity contribution < 1.29 is 14.7 Å². The topological polar surface area (TPSA) is 62.5 Å². The van der Waals surface area contributed by atoms with Crippen molar-refractivity contribution in [2.45, 2.75) is 13.5 Å². The van der Waals surface area contributed by atoms with Crippen LogP contribution in [0.3, 0.4) is 0 Å². The molecule has 0 aliphatic carbocycles. The number of carbonyl (C=O) groups excluding carboxylic acids is 1. The van der Waals surface area contributed by atoms with Gasteiger partial charge in [-0.3, -0.25) is 9.59 Å². The molecule has 0 spiro atoms. The highest BCUT2D eigenvalue weighted by atomic mass is 16.4. The molecular weight excluding hydrogens is 256 g/mol. The van der Waals surface area contributed by atoms with Gasteiger partial charge in [0.25, 0.3) is 5.91 Å². The van der Waals surface area contributed by atoms with E-state index >= 15 is 0 Å². The van der Waals surface area contributed by atoms with Crippen LogP contribution in [0.1, 0.15) is 17.4 Å². The lowest BCUT2D eigenvalue weighted by Crippen LogP contribution is -2.32. The lowest BCUT2D eigenvalue weighted by molar-refractivity contribution is -0.137. The summed E-state index contributed by atoms with van der Waals surface area (Å²) in [4.78, 5) is 25.0. The predicted octanol–water partition coefficient (Wildman–Crippen LogP) is 2.24. The summed E-state index contributed by atoms with van der Waals surface area (Å²) in [6.07, 6.45) is 1.60. The number of hydrogen-bond acceptors (Lipinski definition) is 2. The quantitative estimate of drug-likeness (QED) is 0.908. The maximum Gasteiger partial charge on any atom is 0.323 e. The van der Waals surface area contributed by atoms with E-state index in [0.29, 0.717) is 12.2 Å². The Morgan fingerprint density at radius 2 is 1.85 bits per heavy atom. The zero-order valence-electron chi connectivity index (χ0n) is 11.2. The number of nitrogens with zero attached hydrogens (tertiary/aromatic N) is 2. The molecule has 2 rings (SSSR count). The lowest BCUT2D eigenvalue weighted by atomic mass is 10.2. The minimum Gasteiger partial charge on any atom is -0.480 e. The molecule has 0 saturated carbocycles. The number of hydrogen-bond donors (Lipinski definition) is 1. The Kier molecular flexibility index (Phi) is 4.20. The van der Waals surface area contributed by atoms with E-state index in [4.69, 9.17) is 5.11 Å². The van der Waals surface area contributed by atoms with Crippen LogP contribution in [0.25, 0.3) is 0 Å². The first-order valence-corrected chi connectivity index (χ1v) is 6.37. The van der Waals surface area contributed by atoms with Crippen molar-refractivity contribution in [2.24, 2.45) is 0 Å². The number of aromatic nitrogens is 1. The third kappa shape index (κ3) is 2.88. The first-order valence-electron chi connectivity index (χ1n) is 6.37. The van der Waals surface area contributed by atoms with Crippen molar-refractivity contribution in [1.82, 2.24) is 4.57 Å². The largest absolute Gasteiger partial charge is 0.480 e. The Morgan fingerprint density at radius 1 is 1.15 bits per heavy atom. The molecule has 0 radical (unpaired) electrons. The van der Waals surface area contributed by atoms with Crippen molar-refractivity contribution in [3.8, 4) is 0 Å². The maximum absolute atomic E-state index is 12.6. The van der Waals surface area contributed by atoms with Gasteiger partial charge in [-0.15, -0.1) is 0 Å². The number of rotatable bonds is 5. The van der Waals surface area contributed by atoms with Crippen LogP contribution in [-0.4, -0.2) is 28.1 Å². The van der Waals surface area contributed by atoms with E-state index in [0.717, 1.165) is 5.69 Å². The zero-order chi connectivity index (χ0) is 14.5. The second-order valence-corrected chi connectivity index (χ2v) is 4.30. The molecule has 1 heterocycles. The Balaban J connectivity index is 2.30. The second-order valence-electron chi connectivity index (χ2n) is 4.30. The van der Waals surface area contributed by atoms with E-state index in [1.165, 1.54) is 4.57 Å². The normalized spacial score (nSPS) is 10.2. The van der Waals surface area contributed by atoms with E-state index in [1.54, 1.807) is 23.2 Å². The number of amides is 1. The van der Waals surface area contributed by atoms with Gasteiger partial charge in [0.05, 0.1) is 0 Å². The number of para-hydroxylation sites is 1. The Bertz CT molecular complexity index is 605. The predicted molar refractivity (Wildman–Crippen MR) is 75.9 cm³/mol. The summed E-state index contributed by atoms with van der Waals surface area (Å²) in [5.74, 6) is -1.18. The van der Waals surface area contributed by atoms with Crippen molar-refractivity contribution in [3.63, 3.8) is 0 Å². The van der Waals surface area contributed by atoms with Crippen LogP contribution in [0.4, 0.5) is 5.69 Å². The molecular formula is C15H16N2O3. The SMILES string of the molecule is CCN(C(=O)c1cccn1CC(=O)O)c1ccccc1. The van der Waals surface area contributed by atoms with Crippen LogP contribution in [-0.2, 0) is 11.3 Å². The number of aliphatic carboxylic acids is 1. The molecule has 1 aromatic heterocycles. The fraction of sp³-hybridized carbons (Fsp3) is 0.200. The summed E-state index contributed by atoms with van der Waals surface area (Å²) in [6, 6.07) is 12.6. The first-order chi connectivity index (χ1) is 9.63.